The van der Waals surface area contributed by atoms with Gasteiger partial charge in [-0.05, 0) is 18.3 Å². The highest BCUT2D eigenvalue weighted by Gasteiger charge is 2.17. The minimum Gasteiger partial charge on any atom is -0.461 e. The van der Waals surface area contributed by atoms with E-state index in [0.717, 1.165) is 24.6 Å². The lowest BCUT2D eigenvalue weighted by Crippen LogP contribution is -2.15. The van der Waals surface area contributed by atoms with E-state index in [4.69, 9.17) is 4.74 Å². The van der Waals surface area contributed by atoms with Crippen molar-refractivity contribution in [2.75, 3.05) is 18.9 Å². The molecule has 0 bridgehead atoms. The van der Waals surface area contributed by atoms with Gasteiger partial charge in [0.2, 0.25) is 0 Å². The Morgan fingerprint density at radius 1 is 1.33 bits per heavy atom. The third kappa shape index (κ3) is 6.43. The number of hydrogen-bond acceptors (Lipinski definition) is 4. The zero-order valence-corrected chi connectivity index (χ0v) is 12.6. The summed E-state index contributed by atoms with van der Waals surface area (Å²) < 4.78 is 5.23. The van der Waals surface area contributed by atoms with E-state index in [1.807, 2.05) is 0 Å². The third-order valence-corrected chi connectivity index (χ3v) is 4.04. The number of carbonyl (C=O) groups excluding carboxylic acids is 1. The van der Waals surface area contributed by atoms with Crippen molar-refractivity contribution in [2.45, 2.75) is 46.5 Å². The second kappa shape index (κ2) is 8.57. The predicted molar refractivity (Wildman–Crippen MR) is 78.2 cm³/mol. The molecule has 3 nitrogen and oxygen atoms in total. The van der Waals surface area contributed by atoms with Gasteiger partial charge in [-0.2, -0.15) is 0 Å². The predicted octanol–water partition coefficient (Wildman–Crippen LogP) is 3.53. The van der Waals surface area contributed by atoms with Gasteiger partial charge >= 0.3 is 5.97 Å². The van der Waals surface area contributed by atoms with E-state index in [1.165, 1.54) is 31.0 Å². The molecule has 0 aromatic heterocycles. The lowest BCUT2D eigenvalue weighted by atomic mass is 9.98. The van der Waals surface area contributed by atoms with Crippen LogP contribution in [0.1, 0.15) is 46.5 Å². The molecule has 1 atom stereocenters. The molecule has 0 aromatic rings. The lowest BCUT2D eigenvalue weighted by Gasteiger charge is -2.12. The summed E-state index contributed by atoms with van der Waals surface area (Å²) in [7, 11) is 0. The summed E-state index contributed by atoms with van der Waals surface area (Å²) in [5.74, 6) is 2.10. The molecule has 0 aromatic carbocycles. The largest absolute Gasteiger partial charge is 0.461 e. The third-order valence-electron chi connectivity index (χ3n) is 3.08. The Balaban J connectivity index is 2.04. The van der Waals surface area contributed by atoms with Crippen LogP contribution in [0.2, 0.25) is 0 Å². The van der Waals surface area contributed by atoms with Crippen LogP contribution in [0.15, 0.2) is 4.99 Å². The monoisotopic (exact) mass is 271 g/mol. The molecular formula is C14H25NO2S. The number of esters is 1. The number of hydrogen-bond donors (Lipinski definition) is 0. The van der Waals surface area contributed by atoms with Crippen LogP contribution < -0.4 is 0 Å². The summed E-state index contributed by atoms with van der Waals surface area (Å²) in [6.45, 7) is 8.02. The maximum atomic E-state index is 11.6. The number of carbonyl (C=O) groups is 1. The van der Waals surface area contributed by atoms with Crippen LogP contribution in [0.5, 0.6) is 0 Å². The molecule has 104 valence electrons. The first-order valence-corrected chi connectivity index (χ1v) is 7.92. The zero-order valence-electron chi connectivity index (χ0n) is 11.8. The highest BCUT2D eigenvalue weighted by molar-refractivity contribution is 8.16. The molecule has 1 rings (SSSR count). The summed E-state index contributed by atoms with van der Waals surface area (Å²) in [5, 5.41) is 0.558. The summed E-state index contributed by atoms with van der Waals surface area (Å²) in [5.41, 5.74) is 0. The average Bonchev–Trinajstić information content (AvgIpc) is 2.81. The van der Waals surface area contributed by atoms with Gasteiger partial charge in [-0.15, -0.1) is 0 Å². The van der Waals surface area contributed by atoms with Gasteiger partial charge in [0, 0.05) is 12.3 Å². The molecule has 18 heavy (non-hydrogen) atoms. The van der Waals surface area contributed by atoms with E-state index in [9.17, 15) is 4.79 Å². The van der Waals surface area contributed by atoms with Crippen molar-refractivity contribution in [3.63, 3.8) is 0 Å². The van der Waals surface area contributed by atoms with Crippen LogP contribution in [0.25, 0.3) is 0 Å². The molecule has 0 radical (unpaired) electrons. The van der Waals surface area contributed by atoms with Crippen molar-refractivity contribution >= 4 is 22.8 Å². The smallest absolute Gasteiger partial charge is 0.363 e. The summed E-state index contributed by atoms with van der Waals surface area (Å²) in [6, 6.07) is 0. The molecule has 0 amide bonds. The lowest BCUT2D eigenvalue weighted by molar-refractivity contribution is -0.135. The topological polar surface area (TPSA) is 38.7 Å². The van der Waals surface area contributed by atoms with Gasteiger partial charge in [0.25, 0.3) is 0 Å². The first kappa shape index (κ1) is 15.5. The molecule has 0 saturated heterocycles. The first-order chi connectivity index (χ1) is 8.59. The maximum Gasteiger partial charge on any atom is 0.363 e. The SMILES string of the molecule is CC(C)CCCC(C)CCOC(=O)C1=NCCS1. The summed E-state index contributed by atoms with van der Waals surface area (Å²) >= 11 is 1.50. The molecule has 4 heteroatoms. The molecule has 0 aliphatic carbocycles. The normalized spacial score (nSPS) is 16.8. The van der Waals surface area contributed by atoms with Gasteiger partial charge in [-0.3, -0.25) is 4.99 Å². The molecule has 0 fully saturated rings. The Morgan fingerprint density at radius 3 is 2.72 bits per heavy atom. The fourth-order valence-corrected chi connectivity index (χ4v) is 2.63. The Hall–Kier alpha value is -0.510. The minimum absolute atomic E-state index is 0.230. The van der Waals surface area contributed by atoms with E-state index in [2.05, 4.69) is 25.8 Å². The van der Waals surface area contributed by atoms with Gasteiger partial charge in [0.1, 0.15) is 0 Å². The van der Waals surface area contributed by atoms with Gasteiger partial charge in [0.05, 0.1) is 6.61 Å². The van der Waals surface area contributed by atoms with E-state index in [0.29, 0.717) is 17.6 Å². The Morgan fingerprint density at radius 2 is 2.11 bits per heavy atom. The molecule has 1 aliphatic heterocycles. The maximum absolute atomic E-state index is 11.6. The Labute approximate surface area is 115 Å². The average molecular weight is 271 g/mol. The summed E-state index contributed by atoms with van der Waals surface area (Å²) in [6.07, 6.45) is 4.75. The van der Waals surface area contributed by atoms with Crippen molar-refractivity contribution in [1.82, 2.24) is 0 Å². The van der Waals surface area contributed by atoms with Crippen LogP contribution in [0, 0.1) is 11.8 Å². The molecule has 0 saturated carbocycles. The quantitative estimate of drug-likeness (QED) is 0.634. The highest BCUT2D eigenvalue weighted by Crippen LogP contribution is 2.16. The van der Waals surface area contributed by atoms with Crippen LogP contribution in [0.4, 0.5) is 0 Å². The fraction of sp³-hybridized carbons (Fsp3) is 0.857. The van der Waals surface area contributed by atoms with Crippen molar-refractivity contribution in [3.8, 4) is 0 Å². The number of nitrogens with zero attached hydrogens (tertiary/aromatic N) is 1. The van der Waals surface area contributed by atoms with Gasteiger partial charge in [0.15, 0.2) is 5.04 Å². The van der Waals surface area contributed by atoms with Crippen LogP contribution in [-0.2, 0) is 9.53 Å². The summed E-state index contributed by atoms with van der Waals surface area (Å²) in [4.78, 5) is 15.7. The van der Waals surface area contributed by atoms with Crippen molar-refractivity contribution < 1.29 is 9.53 Å². The Bertz CT molecular complexity index is 290. The van der Waals surface area contributed by atoms with E-state index < -0.39 is 0 Å². The fourth-order valence-electron chi connectivity index (χ4n) is 1.89. The number of rotatable bonds is 8. The second-order valence-corrected chi connectivity index (χ2v) is 6.47. The molecule has 0 spiro atoms. The Kier molecular flexibility index (Phi) is 7.40. The first-order valence-electron chi connectivity index (χ1n) is 6.94. The number of ether oxygens (including phenoxy) is 1. The van der Waals surface area contributed by atoms with E-state index in [-0.39, 0.29) is 5.97 Å². The van der Waals surface area contributed by atoms with Crippen LogP contribution in [-0.4, -0.2) is 29.9 Å². The standard InChI is InChI=1S/C14H25NO2S/c1-11(2)5-4-6-12(3)7-9-17-14(16)13-15-8-10-18-13/h11-12H,4-10H2,1-3H3. The highest BCUT2D eigenvalue weighted by atomic mass is 32.2. The number of thioether (sulfide) groups is 1. The molecule has 0 N–H and O–H groups in total. The van der Waals surface area contributed by atoms with E-state index in [1.54, 1.807) is 0 Å². The van der Waals surface area contributed by atoms with Gasteiger partial charge < -0.3 is 4.74 Å². The van der Waals surface area contributed by atoms with Crippen LogP contribution >= 0.6 is 11.8 Å². The molecule has 1 aliphatic rings. The van der Waals surface area contributed by atoms with Crippen LogP contribution in [0.3, 0.4) is 0 Å². The second-order valence-electron chi connectivity index (χ2n) is 5.39. The van der Waals surface area contributed by atoms with Crippen molar-refractivity contribution in [1.29, 1.82) is 0 Å². The van der Waals surface area contributed by atoms with Crippen molar-refractivity contribution in [2.24, 2.45) is 16.8 Å². The van der Waals surface area contributed by atoms with E-state index >= 15 is 0 Å². The molecule has 1 heterocycles. The van der Waals surface area contributed by atoms with Crippen molar-refractivity contribution in [3.05, 3.63) is 0 Å². The number of aliphatic imine (C=N–C) groups is 1. The minimum atomic E-state index is -0.230. The molecule has 1 unspecified atom stereocenters. The molecular weight excluding hydrogens is 246 g/mol. The zero-order chi connectivity index (χ0) is 13.4. The van der Waals surface area contributed by atoms with Gasteiger partial charge in [-0.1, -0.05) is 51.8 Å². The van der Waals surface area contributed by atoms with Gasteiger partial charge in [-0.25, -0.2) is 4.79 Å².